The number of carbonyl (C=O) groups excluding carboxylic acids is 1. The number of hydrogen-bond donors (Lipinski definition) is 1. The number of pyridine rings is 1. The first-order chi connectivity index (χ1) is 7.67. The van der Waals surface area contributed by atoms with E-state index in [1.54, 1.807) is 6.07 Å². The summed E-state index contributed by atoms with van der Waals surface area (Å²) in [6, 6.07) is 3.69. The van der Waals surface area contributed by atoms with Gasteiger partial charge in [0.15, 0.2) is 0 Å². The molecule has 0 radical (unpaired) electrons. The molecule has 1 N–H and O–H groups in total. The number of nitriles is 1. The Labute approximate surface area is 98.2 Å². The van der Waals surface area contributed by atoms with Crippen molar-refractivity contribution < 1.29 is 4.79 Å². The molecule has 0 saturated heterocycles. The van der Waals surface area contributed by atoms with Crippen LogP contribution in [0.25, 0.3) is 0 Å². The molecular weight excluding hydrogens is 226 g/mol. The number of rotatable bonds is 2. The van der Waals surface area contributed by atoms with Gasteiger partial charge in [0.2, 0.25) is 0 Å². The van der Waals surface area contributed by atoms with Crippen LogP contribution >= 0.6 is 11.6 Å². The topological polar surface area (TPSA) is 65.8 Å². The van der Waals surface area contributed by atoms with Crippen molar-refractivity contribution in [2.75, 3.05) is 0 Å². The van der Waals surface area contributed by atoms with Crippen LogP contribution in [0.15, 0.2) is 18.5 Å². The van der Waals surface area contributed by atoms with Crippen LogP contribution in [0.2, 0.25) is 5.02 Å². The van der Waals surface area contributed by atoms with Crippen molar-refractivity contribution in [3.05, 3.63) is 29.0 Å². The summed E-state index contributed by atoms with van der Waals surface area (Å²) in [7, 11) is 0. The standard InChI is InChI=1S/C11H10ClN3O/c12-9-6-14-5-2-8(9)10(16)15-11(7-13)3-1-4-11/h2,5-6H,1,3-4H2,(H,15,16). The van der Waals surface area contributed by atoms with E-state index in [9.17, 15) is 4.79 Å². The highest BCUT2D eigenvalue weighted by Crippen LogP contribution is 2.31. The number of carbonyl (C=O) groups is 1. The van der Waals surface area contributed by atoms with E-state index in [1.165, 1.54) is 12.4 Å². The van der Waals surface area contributed by atoms with Gasteiger partial charge in [-0.05, 0) is 25.3 Å². The molecule has 1 aromatic rings. The van der Waals surface area contributed by atoms with Gasteiger partial charge in [-0.2, -0.15) is 5.26 Å². The molecular formula is C11H10ClN3O. The molecule has 2 rings (SSSR count). The Kier molecular flexibility index (Phi) is 2.80. The largest absolute Gasteiger partial charge is 0.334 e. The van der Waals surface area contributed by atoms with Crippen LogP contribution in [0.3, 0.4) is 0 Å². The minimum Gasteiger partial charge on any atom is -0.334 e. The maximum absolute atomic E-state index is 11.9. The van der Waals surface area contributed by atoms with Crippen LogP contribution in [0.1, 0.15) is 29.6 Å². The van der Waals surface area contributed by atoms with Gasteiger partial charge in [-0.15, -0.1) is 0 Å². The summed E-state index contributed by atoms with van der Waals surface area (Å²) in [4.78, 5) is 15.7. The summed E-state index contributed by atoms with van der Waals surface area (Å²) in [5.74, 6) is -0.311. The van der Waals surface area contributed by atoms with Crippen LogP contribution < -0.4 is 5.32 Å². The lowest BCUT2D eigenvalue weighted by Crippen LogP contribution is -2.52. The van der Waals surface area contributed by atoms with Gasteiger partial charge < -0.3 is 5.32 Å². The third-order valence-electron chi connectivity index (χ3n) is 2.79. The lowest BCUT2D eigenvalue weighted by atomic mass is 9.78. The second-order valence-corrected chi connectivity index (χ2v) is 4.26. The summed E-state index contributed by atoms with van der Waals surface area (Å²) in [5.41, 5.74) is -0.331. The van der Waals surface area contributed by atoms with Crippen molar-refractivity contribution in [2.45, 2.75) is 24.8 Å². The SMILES string of the molecule is N#CC1(NC(=O)c2ccncc2Cl)CCC1. The Hall–Kier alpha value is -1.60. The van der Waals surface area contributed by atoms with Gasteiger partial charge in [-0.25, -0.2) is 0 Å². The van der Waals surface area contributed by atoms with Gasteiger partial charge in [-0.3, -0.25) is 9.78 Å². The molecule has 1 aliphatic carbocycles. The Morgan fingerprint density at radius 1 is 1.62 bits per heavy atom. The first kappa shape index (κ1) is 10.9. The average Bonchev–Trinajstić information content (AvgIpc) is 2.24. The Morgan fingerprint density at radius 2 is 2.38 bits per heavy atom. The van der Waals surface area contributed by atoms with Crippen molar-refractivity contribution in [2.24, 2.45) is 0 Å². The molecule has 0 unspecified atom stereocenters. The molecule has 1 heterocycles. The van der Waals surface area contributed by atoms with Gasteiger partial charge in [0, 0.05) is 12.4 Å². The first-order valence-electron chi connectivity index (χ1n) is 5.00. The fourth-order valence-corrected chi connectivity index (χ4v) is 1.84. The Bertz CT molecular complexity index is 463. The normalized spacial score (nSPS) is 17.0. The molecule has 0 bridgehead atoms. The Balaban J connectivity index is 2.15. The molecule has 16 heavy (non-hydrogen) atoms. The third-order valence-corrected chi connectivity index (χ3v) is 3.09. The maximum Gasteiger partial charge on any atom is 0.254 e. The Morgan fingerprint density at radius 3 is 2.88 bits per heavy atom. The number of nitrogens with zero attached hydrogens (tertiary/aromatic N) is 2. The fraction of sp³-hybridized carbons (Fsp3) is 0.364. The van der Waals surface area contributed by atoms with Gasteiger partial charge >= 0.3 is 0 Å². The molecule has 0 aromatic carbocycles. The number of aromatic nitrogens is 1. The van der Waals surface area contributed by atoms with Crippen molar-refractivity contribution in [3.8, 4) is 6.07 Å². The highest BCUT2D eigenvalue weighted by atomic mass is 35.5. The fourth-order valence-electron chi connectivity index (χ4n) is 1.64. The molecule has 4 nitrogen and oxygen atoms in total. The van der Waals surface area contributed by atoms with Crippen LogP contribution in [-0.4, -0.2) is 16.4 Å². The smallest absolute Gasteiger partial charge is 0.254 e. The minimum atomic E-state index is -0.691. The van der Waals surface area contributed by atoms with Gasteiger partial charge in [0.05, 0.1) is 16.7 Å². The van der Waals surface area contributed by atoms with E-state index in [4.69, 9.17) is 16.9 Å². The molecule has 0 atom stereocenters. The molecule has 1 fully saturated rings. The van der Waals surface area contributed by atoms with Crippen LogP contribution in [0, 0.1) is 11.3 Å². The van der Waals surface area contributed by atoms with E-state index < -0.39 is 5.54 Å². The van der Waals surface area contributed by atoms with E-state index in [0.29, 0.717) is 23.4 Å². The zero-order valence-electron chi connectivity index (χ0n) is 8.53. The summed E-state index contributed by atoms with van der Waals surface area (Å²) < 4.78 is 0. The van der Waals surface area contributed by atoms with Crippen molar-refractivity contribution in [1.82, 2.24) is 10.3 Å². The van der Waals surface area contributed by atoms with E-state index in [1.807, 2.05) is 0 Å². The second kappa shape index (κ2) is 4.11. The zero-order chi connectivity index (χ0) is 11.6. The number of halogens is 1. The summed E-state index contributed by atoms with van der Waals surface area (Å²) in [5, 5.41) is 12.0. The molecule has 0 spiro atoms. The molecule has 82 valence electrons. The quantitative estimate of drug-likeness (QED) is 0.852. The van der Waals surface area contributed by atoms with Gasteiger partial charge in [0.25, 0.3) is 5.91 Å². The van der Waals surface area contributed by atoms with Crippen molar-refractivity contribution in [1.29, 1.82) is 5.26 Å². The van der Waals surface area contributed by atoms with Gasteiger partial charge in [0.1, 0.15) is 5.54 Å². The van der Waals surface area contributed by atoms with Gasteiger partial charge in [-0.1, -0.05) is 11.6 Å². The van der Waals surface area contributed by atoms with E-state index in [0.717, 1.165) is 6.42 Å². The second-order valence-electron chi connectivity index (χ2n) is 3.86. The summed E-state index contributed by atoms with van der Waals surface area (Å²) in [6.07, 6.45) is 5.30. The number of nitrogens with one attached hydrogen (secondary N) is 1. The lowest BCUT2D eigenvalue weighted by molar-refractivity contribution is 0.0881. The number of amides is 1. The molecule has 1 saturated carbocycles. The third kappa shape index (κ3) is 1.86. The highest BCUT2D eigenvalue weighted by molar-refractivity contribution is 6.33. The predicted octanol–water partition coefficient (Wildman–Crippen LogP) is 1.91. The monoisotopic (exact) mass is 235 g/mol. The highest BCUT2D eigenvalue weighted by Gasteiger charge is 2.38. The van der Waals surface area contributed by atoms with Crippen LogP contribution in [0.5, 0.6) is 0 Å². The minimum absolute atomic E-state index is 0.299. The molecule has 5 heteroatoms. The summed E-state index contributed by atoms with van der Waals surface area (Å²) >= 11 is 5.85. The molecule has 1 aliphatic rings. The van der Waals surface area contributed by atoms with Crippen molar-refractivity contribution >= 4 is 17.5 Å². The maximum atomic E-state index is 11.9. The summed E-state index contributed by atoms with van der Waals surface area (Å²) in [6.45, 7) is 0. The molecule has 0 aliphatic heterocycles. The average molecular weight is 236 g/mol. The van der Waals surface area contributed by atoms with Crippen LogP contribution in [0.4, 0.5) is 0 Å². The molecule has 1 aromatic heterocycles. The van der Waals surface area contributed by atoms with Crippen LogP contribution in [-0.2, 0) is 0 Å². The lowest BCUT2D eigenvalue weighted by Gasteiger charge is -2.35. The van der Waals surface area contributed by atoms with Crippen molar-refractivity contribution in [3.63, 3.8) is 0 Å². The molecule has 1 amide bonds. The van der Waals surface area contributed by atoms with E-state index in [2.05, 4.69) is 16.4 Å². The first-order valence-corrected chi connectivity index (χ1v) is 5.38. The zero-order valence-corrected chi connectivity index (χ0v) is 9.29. The predicted molar refractivity (Wildman–Crippen MR) is 58.9 cm³/mol. The number of hydrogen-bond acceptors (Lipinski definition) is 3. The van der Waals surface area contributed by atoms with E-state index >= 15 is 0 Å². The van der Waals surface area contributed by atoms with E-state index in [-0.39, 0.29) is 5.91 Å².